The zero-order chi connectivity index (χ0) is 17.2. The van der Waals surface area contributed by atoms with Gasteiger partial charge in [-0.3, -0.25) is 4.79 Å². The van der Waals surface area contributed by atoms with Crippen LogP contribution in [0, 0.1) is 0 Å². The first-order chi connectivity index (χ1) is 11.5. The fourth-order valence-corrected chi connectivity index (χ4v) is 4.91. The molecule has 7 heteroatoms. The van der Waals surface area contributed by atoms with Gasteiger partial charge in [-0.25, -0.2) is 8.42 Å². The number of piperazine rings is 1. The first-order valence-corrected chi connectivity index (χ1v) is 10.1. The smallest absolute Gasteiger partial charge is 0.253 e. The Hall–Kier alpha value is -1.44. The lowest BCUT2D eigenvalue weighted by Crippen LogP contribution is -2.51. The van der Waals surface area contributed by atoms with E-state index in [-0.39, 0.29) is 16.8 Å². The third-order valence-electron chi connectivity index (χ3n) is 4.69. The molecule has 24 heavy (non-hydrogen) atoms. The summed E-state index contributed by atoms with van der Waals surface area (Å²) in [4.78, 5) is 14.7. The maximum atomic E-state index is 12.8. The molecule has 2 heterocycles. The molecule has 0 aliphatic carbocycles. The fraction of sp³-hybridized carbons (Fsp3) is 0.588. The van der Waals surface area contributed by atoms with Crippen LogP contribution in [0.2, 0.25) is 0 Å². The molecule has 0 saturated carbocycles. The number of piperidine rings is 1. The van der Waals surface area contributed by atoms with E-state index in [4.69, 9.17) is 0 Å². The molecule has 0 radical (unpaired) electrons. The van der Waals surface area contributed by atoms with Gasteiger partial charge in [0.15, 0.2) is 0 Å². The van der Waals surface area contributed by atoms with Crippen LogP contribution < -0.4 is 5.32 Å². The Bertz CT molecular complexity index is 699. The van der Waals surface area contributed by atoms with Crippen LogP contribution in [0.3, 0.4) is 0 Å². The molecule has 2 aliphatic rings. The third-order valence-corrected chi connectivity index (χ3v) is 6.58. The SMILES string of the molecule is CC1CN(C(=O)c2cccc(S(=O)(=O)N3CCCCC3)c2)CCN1. The minimum atomic E-state index is -3.51. The van der Waals surface area contributed by atoms with Gasteiger partial charge in [-0.15, -0.1) is 0 Å². The van der Waals surface area contributed by atoms with Gasteiger partial charge < -0.3 is 10.2 Å². The summed E-state index contributed by atoms with van der Waals surface area (Å²) in [5.41, 5.74) is 0.446. The van der Waals surface area contributed by atoms with E-state index < -0.39 is 10.0 Å². The lowest BCUT2D eigenvalue weighted by atomic mass is 10.1. The minimum Gasteiger partial charge on any atom is -0.336 e. The summed E-state index contributed by atoms with van der Waals surface area (Å²) >= 11 is 0. The number of benzene rings is 1. The molecule has 0 bridgehead atoms. The van der Waals surface area contributed by atoms with Crippen molar-refractivity contribution in [2.24, 2.45) is 0 Å². The average Bonchev–Trinajstić information content (AvgIpc) is 2.62. The van der Waals surface area contributed by atoms with Crippen LogP contribution in [0.5, 0.6) is 0 Å². The van der Waals surface area contributed by atoms with Crippen LogP contribution in [0.4, 0.5) is 0 Å². The fourth-order valence-electron chi connectivity index (χ4n) is 3.34. The van der Waals surface area contributed by atoms with E-state index in [1.165, 1.54) is 10.4 Å². The first kappa shape index (κ1) is 17.4. The molecular weight excluding hydrogens is 326 g/mol. The summed E-state index contributed by atoms with van der Waals surface area (Å²) in [7, 11) is -3.51. The molecule has 6 nitrogen and oxygen atoms in total. The zero-order valence-corrected chi connectivity index (χ0v) is 14.9. The number of nitrogens with zero attached hydrogens (tertiary/aromatic N) is 2. The van der Waals surface area contributed by atoms with Crippen LogP contribution in [0.1, 0.15) is 36.5 Å². The van der Waals surface area contributed by atoms with Crippen molar-refractivity contribution >= 4 is 15.9 Å². The number of sulfonamides is 1. The Morgan fingerprint density at radius 2 is 1.92 bits per heavy atom. The molecule has 1 aromatic rings. The number of nitrogens with one attached hydrogen (secondary N) is 1. The van der Waals surface area contributed by atoms with E-state index in [2.05, 4.69) is 5.32 Å². The van der Waals surface area contributed by atoms with E-state index in [9.17, 15) is 13.2 Å². The number of carbonyl (C=O) groups is 1. The van der Waals surface area contributed by atoms with Crippen molar-refractivity contribution in [3.63, 3.8) is 0 Å². The maximum absolute atomic E-state index is 12.8. The normalized spacial score (nSPS) is 23.2. The Labute approximate surface area is 143 Å². The van der Waals surface area contributed by atoms with Gasteiger partial charge in [-0.05, 0) is 38.0 Å². The zero-order valence-electron chi connectivity index (χ0n) is 14.1. The summed E-state index contributed by atoms with van der Waals surface area (Å²) in [5, 5.41) is 3.30. The highest BCUT2D eigenvalue weighted by atomic mass is 32.2. The quantitative estimate of drug-likeness (QED) is 0.891. The third kappa shape index (κ3) is 3.63. The topological polar surface area (TPSA) is 69.7 Å². The van der Waals surface area contributed by atoms with Crippen molar-refractivity contribution in [1.82, 2.24) is 14.5 Å². The molecule has 2 aliphatic heterocycles. The highest BCUT2D eigenvalue weighted by Gasteiger charge is 2.27. The lowest BCUT2D eigenvalue weighted by Gasteiger charge is -2.32. The summed E-state index contributed by atoms with van der Waals surface area (Å²) in [6.45, 7) is 5.22. The van der Waals surface area contributed by atoms with Gasteiger partial charge in [-0.2, -0.15) is 4.31 Å². The Morgan fingerprint density at radius 3 is 2.62 bits per heavy atom. The number of carbonyl (C=O) groups excluding carboxylic acids is 1. The van der Waals surface area contributed by atoms with Crippen molar-refractivity contribution < 1.29 is 13.2 Å². The monoisotopic (exact) mass is 351 g/mol. The van der Waals surface area contributed by atoms with Crippen LogP contribution in [0.15, 0.2) is 29.2 Å². The predicted molar refractivity (Wildman–Crippen MR) is 92.4 cm³/mol. The van der Waals surface area contributed by atoms with E-state index in [0.29, 0.717) is 31.7 Å². The van der Waals surface area contributed by atoms with Crippen molar-refractivity contribution in [2.75, 3.05) is 32.7 Å². The van der Waals surface area contributed by atoms with Gasteiger partial charge in [0.1, 0.15) is 0 Å². The van der Waals surface area contributed by atoms with Gasteiger partial charge in [0.2, 0.25) is 10.0 Å². The van der Waals surface area contributed by atoms with Crippen LogP contribution in [-0.4, -0.2) is 62.3 Å². The van der Waals surface area contributed by atoms with Gasteiger partial charge in [-0.1, -0.05) is 12.5 Å². The second-order valence-corrected chi connectivity index (χ2v) is 8.54. The van der Waals surface area contributed by atoms with Crippen LogP contribution >= 0.6 is 0 Å². The molecule has 1 amide bonds. The molecule has 1 atom stereocenters. The molecule has 2 saturated heterocycles. The highest BCUT2D eigenvalue weighted by Crippen LogP contribution is 2.22. The summed E-state index contributed by atoms with van der Waals surface area (Å²) in [6.07, 6.45) is 2.87. The van der Waals surface area contributed by atoms with E-state index in [0.717, 1.165) is 25.8 Å². The Kier molecular flexibility index (Phi) is 5.22. The predicted octanol–water partition coefficient (Wildman–Crippen LogP) is 1.30. The molecule has 2 fully saturated rings. The Balaban J connectivity index is 1.82. The lowest BCUT2D eigenvalue weighted by molar-refractivity contribution is 0.0709. The molecule has 3 rings (SSSR count). The number of amides is 1. The largest absolute Gasteiger partial charge is 0.336 e. The van der Waals surface area contributed by atoms with Crippen molar-refractivity contribution in [3.8, 4) is 0 Å². The van der Waals surface area contributed by atoms with Crippen molar-refractivity contribution in [3.05, 3.63) is 29.8 Å². The van der Waals surface area contributed by atoms with Crippen LogP contribution in [-0.2, 0) is 10.0 Å². The van der Waals surface area contributed by atoms with Crippen molar-refractivity contribution in [1.29, 1.82) is 0 Å². The second kappa shape index (κ2) is 7.21. The maximum Gasteiger partial charge on any atom is 0.253 e. The molecule has 0 spiro atoms. The first-order valence-electron chi connectivity index (χ1n) is 8.61. The standard InChI is InChI=1S/C17H25N3O3S/c1-14-13-19(11-8-18-14)17(21)15-6-5-7-16(12-15)24(22,23)20-9-3-2-4-10-20/h5-7,12,14,18H,2-4,8-11,13H2,1H3. The molecule has 1 N–H and O–H groups in total. The molecule has 132 valence electrons. The summed E-state index contributed by atoms with van der Waals surface area (Å²) in [5.74, 6) is -0.0981. The van der Waals surface area contributed by atoms with Gasteiger partial charge >= 0.3 is 0 Å². The molecular formula is C17H25N3O3S. The number of rotatable bonds is 3. The van der Waals surface area contributed by atoms with E-state index in [1.54, 1.807) is 23.1 Å². The average molecular weight is 351 g/mol. The molecule has 0 aromatic heterocycles. The summed E-state index contributed by atoms with van der Waals surface area (Å²) < 4.78 is 27.1. The highest BCUT2D eigenvalue weighted by molar-refractivity contribution is 7.89. The number of hydrogen-bond donors (Lipinski definition) is 1. The number of hydrogen-bond acceptors (Lipinski definition) is 4. The van der Waals surface area contributed by atoms with Gasteiger partial charge in [0.05, 0.1) is 4.90 Å². The van der Waals surface area contributed by atoms with Gasteiger partial charge in [0, 0.05) is 44.3 Å². The molecule has 1 aromatic carbocycles. The van der Waals surface area contributed by atoms with Crippen molar-refractivity contribution in [2.45, 2.75) is 37.1 Å². The summed E-state index contributed by atoms with van der Waals surface area (Å²) in [6, 6.07) is 6.72. The van der Waals surface area contributed by atoms with Crippen LogP contribution in [0.25, 0.3) is 0 Å². The van der Waals surface area contributed by atoms with E-state index >= 15 is 0 Å². The Morgan fingerprint density at radius 1 is 1.17 bits per heavy atom. The molecule has 1 unspecified atom stereocenters. The second-order valence-electron chi connectivity index (χ2n) is 6.60. The minimum absolute atomic E-state index is 0.0981. The van der Waals surface area contributed by atoms with Gasteiger partial charge in [0.25, 0.3) is 5.91 Å². The van der Waals surface area contributed by atoms with E-state index in [1.807, 2.05) is 6.92 Å².